The fourth-order valence-electron chi connectivity index (χ4n) is 2.27. The number of benzene rings is 1. The van der Waals surface area contributed by atoms with E-state index >= 15 is 0 Å². The van der Waals surface area contributed by atoms with E-state index in [-0.39, 0.29) is 30.7 Å². The molecule has 0 aromatic heterocycles. The maximum atomic E-state index is 12.0. The number of hydrogen-bond donors (Lipinski definition) is 2. The molecule has 0 bridgehead atoms. The number of halogens is 2. The van der Waals surface area contributed by atoms with Gasteiger partial charge < -0.3 is 16.0 Å². The molecule has 21 heavy (non-hydrogen) atoms. The summed E-state index contributed by atoms with van der Waals surface area (Å²) in [5.41, 5.74) is 7.10. The number of likely N-dealkylation sites (N-methyl/N-ethyl adjacent to an activating group) is 1. The molecule has 1 aliphatic heterocycles. The van der Waals surface area contributed by atoms with E-state index in [4.69, 9.17) is 5.73 Å². The summed E-state index contributed by atoms with van der Waals surface area (Å²) in [5, 5.41) is 2.86. The van der Waals surface area contributed by atoms with Gasteiger partial charge in [-0.3, -0.25) is 9.69 Å². The Balaban J connectivity index is 0.00000200. The lowest BCUT2D eigenvalue weighted by molar-refractivity contribution is -0.117. The van der Waals surface area contributed by atoms with Crippen molar-refractivity contribution < 1.29 is 4.79 Å². The van der Waals surface area contributed by atoms with Crippen molar-refractivity contribution in [2.24, 2.45) is 0 Å². The van der Waals surface area contributed by atoms with E-state index in [1.54, 1.807) is 6.07 Å². The molecular weight excluding hydrogens is 311 g/mol. The maximum Gasteiger partial charge on any atom is 0.238 e. The SMILES string of the molecule is CCN1CCN(CC(=O)Nc2ccccc2N)CC1.Cl.Cl. The molecule has 0 spiro atoms. The Morgan fingerprint density at radius 2 is 1.71 bits per heavy atom. The van der Waals surface area contributed by atoms with Gasteiger partial charge in [0, 0.05) is 26.2 Å². The molecule has 0 aliphatic carbocycles. The topological polar surface area (TPSA) is 61.6 Å². The van der Waals surface area contributed by atoms with Gasteiger partial charge in [0.05, 0.1) is 17.9 Å². The second-order valence-corrected chi connectivity index (χ2v) is 4.85. The Morgan fingerprint density at radius 3 is 2.29 bits per heavy atom. The molecule has 1 saturated heterocycles. The summed E-state index contributed by atoms with van der Waals surface area (Å²) in [6.45, 7) is 7.67. The Hall–Kier alpha value is -1.01. The van der Waals surface area contributed by atoms with Crippen molar-refractivity contribution in [2.75, 3.05) is 50.3 Å². The van der Waals surface area contributed by atoms with Gasteiger partial charge in [0.15, 0.2) is 0 Å². The van der Waals surface area contributed by atoms with Crippen LogP contribution < -0.4 is 11.1 Å². The number of nitrogen functional groups attached to an aromatic ring is 1. The fraction of sp³-hybridized carbons (Fsp3) is 0.500. The molecule has 3 N–H and O–H groups in total. The third kappa shape index (κ3) is 6.09. The van der Waals surface area contributed by atoms with Crippen LogP contribution in [0.3, 0.4) is 0 Å². The predicted octanol–water partition coefficient (Wildman–Crippen LogP) is 1.69. The Morgan fingerprint density at radius 1 is 1.14 bits per heavy atom. The van der Waals surface area contributed by atoms with Crippen LogP contribution in [0.25, 0.3) is 0 Å². The average Bonchev–Trinajstić information content (AvgIpc) is 2.42. The van der Waals surface area contributed by atoms with Gasteiger partial charge in [0.2, 0.25) is 5.91 Å². The molecule has 120 valence electrons. The Kier molecular flexibility index (Phi) is 9.37. The van der Waals surface area contributed by atoms with Crippen LogP contribution in [-0.4, -0.2) is 55.0 Å². The highest BCUT2D eigenvalue weighted by molar-refractivity contribution is 5.95. The second-order valence-electron chi connectivity index (χ2n) is 4.85. The van der Waals surface area contributed by atoms with Crippen LogP contribution in [0.5, 0.6) is 0 Å². The summed E-state index contributed by atoms with van der Waals surface area (Å²) in [5.74, 6) is 0.00264. The van der Waals surface area contributed by atoms with Gasteiger partial charge in [0.25, 0.3) is 0 Å². The van der Waals surface area contributed by atoms with Gasteiger partial charge in [-0.15, -0.1) is 24.8 Å². The van der Waals surface area contributed by atoms with E-state index in [9.17, 15) is 4.79 Å². The van der Waals surface area contributed by atoms with E-state index in [0.717, 1.165) is 32.7 Å². The van der Waals surface area contributed by atoms with Gasteiger partial charge in [-0.05, 0) is 18.7 Å². The lowest BCUT2D eigenvalue weighted by Gasteiger charge is -2.33. The molecule has 1 heterocycles. The number of rotatable bonds is 4. The second kappa shape index (κ2) is 9.84. The Bertz CT molecular complexity index is 437. The first-order valence-electron chi connectivity index (χ1n) is 6.78. The highest BCUT2D eigenvalue weighted by Gasteiger charge is 2.17. The molecule has 1 aromatic carbocycles. The van der Waals surface area contributed by atoms with Crippen LogP contribution in [-0.2, 0) is 4.79 Å². The van der Waals surface area contributed by atoms with Gasteiger partial charge in [0.1, 0.15) is 0 Å². The van der Waals surface area contributed by atoms with E-state index in [0.29, 0.717) is 17.9 Å². The van der Waals surface area contributed by atoms with Crippen LogP contribution >= 0.6 is 24.8 Å². The molecule has 0 atom stereocenters. The number of hydrogen-bond acceptors (Lipinski definition) is 4. The number of anilines is 2. The lowest BCUT2D eigenvalue weighted by atomic mass is 10.2. The third-order valence-electron chi connectivity index (χ3n) is 3.51. The Labute approximate surface area is 138 Å². The first-order valence-corrected chi connectivity index (χ1v) is 6.78. The quantitative estimate of drug-likeness (QED) is 0.822. The van der Waals surface area contributed by atoms with E-state index in [1.807, 2.05) is 18.2 Å². The van der Waals surface area contributed by atoms with Gasteiger partial charge >= 0.3 is 0 Å². The number of piperazine rings is 1. The molecule has 1 amide bonds. The molecule has 0 unspecified atom stereocenters. The smallest absolute Gasteiger partial charge is 0.238 e. The predicted molar refractivity (Wildman–Crippen MR) is 92.5 cm³/mol. The number of para-hydroxylation sites is 2. The molecular formula is C14H24Cl2N4O. The monoisotopic (exact) mass is 334 g/mol. The van der Waals surface area contributed by atoms with E-state index in [2.05, 4.69) is 22.0 Å². The van der Waals surface area contributed by atoms with Gasteiger partial charge in [-0.2, -0.15) is 0 Å². The number of nitrogens with zero attached hydrogens (tertiary/aromatic N) is 2. The number of carbonyl (C=O) groups is 1. The van der Waals surface area contributed by atoms with Crippen LogP contribution in [0.2, 0.25) is 0 Å². The summed E-state index contributed by atoms with van der Waals surface area (Å²) in [4.78, 5) is 16.5. The standard InChI is InChI=1S/C14H22N4O.2ClH/c1-2-17-7-9-18(10-8-17)11-14(19)16-13-6-4-3-5-12(13)15;;/h3-6H,2,7-11,15H2,1H3,(H,16,19);2*1H. The third-order valence-corrected chi connectivity index (χ3v) is 3.51. The summed E-state index contributed by atoms with van der Waals surface area (Å²) in [6.07, 6.45) is 0. The number of carbonyl (C=O) groups excluding carboxylic acids is 1. The van der Waals surface area contributed by atoms with E-state index < -0.39 is 0 Å². The van der Waals surface area contributed by atoms with Crippen molar-refractivity contribution in [3.8, 4) is 0 Å². The first-order chi connectivity index (χ1) is 9.19. The van der Waals surface area contributed by atoms with Crippen LogP contribution in [0, 0.1) is 0 Å². The highest BCUT2D eigenvalue weighted by Crippen LogP contribution is 2.16. The summed E-state index contributed by atoms with van der Waals surface area (Å²) < 4.78 is 0. The van der Waals surface area contributed by atoms with Crippen LogP contribution in [0.15, 0.2) is 24.3 Å². The first kappa shape index (κ1) is 20.0. The zero-order valence-electron chi connectivity index (χ0n) is 12.2. The van der Waals surface area contributed by atoms with Crippen molar-refractivity contribution >= 4 is 42.1 Å². The zero-order chi connectivity index (χ0) is 13.7. The van der Waals surface area contributed by atoms with Crippen LogP contribution in [0.1, 0.15) is 6.92 Å². The molecule has 0 saturated carbocycles. The van der Waals surface area contributed by atoms with Crippen molar-refractivity contribution in [2.45, 2.75) is 6.92 Å². The van der Waals surface area contributed by atoms with Crippen molar-refractivity contribution in [1.82, 2.24) is 9.80 Å². The minimum absolute atomic E-state index is 0. The number of nitrogens with one attached hydrogen (secondary N) is 1. The molecule has 1 fully saturated rings. The van der Waals surface area contributed by atoms with E-state index in [1.165, 1.54) is 0 Å². The molecule has 0 radical (unpaired) electrons. The molecule has 1 aromatic rings. The molecule has 1 aliphatic rings. The largest absolute Gasteiger partial charge is 0.397 e. The normalized spacial score (nSPS) is 15.7. The minimum Gasteiger partial charge on any atom is -0.397 e. The molecule has 7 heteroatoms. The summed E-state index contributed by atoms with van der Waals surface area (Å²) >= 11 is 0. The van der Waals surface area contributed by atoms with Gasteiger partial charge in [-0.25, -0.2) is 0 Å². The molecule has 5 nitrogen and oxygen atoms in total. The van der Waals surface area contributed by atoms with Crippen molar-refractivity contribution in [3.05, 3.63) is 24.3 Å². The number of nitrogens with two attached hydrogens (primary N) is 1. The van der Waals surface area contributed by atoms with Crippen molar-refractivity contribution in [1.29, 1.82) is 0 Å². The highest BCUT2D eigenvalue weighted by atomic mass is 35.5. The van der Waals surface area contributed by atoms with Gasteiger partial charge in [-0.1, -0.05) is 19.1 Å². The zero-order valence-corrected chi connectivity index (χ0v) is 13.9. The van der Waals surface area contributed by atoms with Crippen LogP contribution in [0.4, 0.5) is 11.4 Å². The molecule has 2 rings (SSSR count). The maximum absolute atomic E-state index is 12.0. The number of amides is 1. The van der Waals surface area contributed by atoms with Crippen molar-refractivity contribution in [3.63, 3.8) is 0 Å². The summed E-state index contributed by atoms with van der Waals surface area (Å²) in [6, 6.07) is 7.33. The fourth-order valence-corrected chi connectivity index (χ4v) is 2.27. The lowest BCUT2D eigenvalue weighted by Crippen LogP contribution is -2.48. The summed E-state index contributed by atoms with van der Waals surface area (Å²) in [7, 11) is 0. The minimum atomic E-state index is 0. The average molecular weight is 335 g/mol.